The van der Waals surface area contributed by atoms with Gasteiger partial charge in [0.25, 0.3) is 0 Å². The van der Waals surface area contributed by atoms with Crippen LogP contribution in [0, 0.1) is 32.8 Å². The fourth-order valence-electron chi connectivity index (χ4n) is 3.61. The molecule has 0 fully saturated rings. The SMILES string of the molecule is CCC1[C-]=CC2=C1CCCC2.[CH2-]c1ccccc1.[CH2-]c1ccccc1.[CH2-]c1ccccc1.[Ti+4]. The topological polar surface area (TPSA) is 0 Å². The molecule has 0 saturated carbocycles. The molecule has 1 unspecified atom stereocenters. The average Bonchev–Trinajstić information content (AvgIpc) is 3.25. The van der Waals surface area contributed by atoms with Gasteiger partial charge in [-0.15, -0.1) is 36.4 Å². The molecule has 0 radical (unpaired) electrons. The second kappa shape index (κ2) is 17.0. The van der Waals surface area contributed by atoms with Gasteiger partial charge in [0.2, 0.25) is 0 Å². The van der Waals surface area contributed by atoms with Gasteiger partial charge in [-0.3, -0.25) is 6.08 Å². The van der Waals surface area contributed by atoms with E-state index < -0.39 is 0 Å². The van der Waals surface area contributed by atoms with Crippen LogP contribution in [-0.4, -0.2) is 0 Å². The largest absolute Gasteiger partial charge is 4.00 e. The van der Waals surface area contributed by atoms with Gasteiger partial charge in [-0.25, -0.2) is 6.08 Å². The molecule has 0 saturated heterocycles. The molecule has 0 bridgehead atoms. The number of allylic oxidation sites excluding steroid dienone is 4. The zero-order valence-electron chi connectivity index (χ0n) is 20.0. The molecule has 33 heavy (non-hydrogen) atoms. The summed E-state index contributed by atoms with van der Waals surface area (Å²) in [5.74, 6) is 0.685. The number of rotatable bonds is 1. The Balaban J connectivity index is 0.000000223. The molecule has 2 aliphatic carbocycles. The first kappa shape index (κ1) is 28.5. The van der Waals surface area contributed by atoms with E-state index in [1.54, 1.807) is 11.1 Å². The van der Waals surface area contributed by atoms with Gasteiger partial charge in [-0.1, -0.05) is 56.7 Å². The van der Waals surface area contributed by atoms with Gasteiger partial charge in [0.05, 0.1) is 0 Å². The minimum absolute atomic E-state index is 0. The van der Waals surface area contributed by atoms with E-state index in [1.165, 1.54) is 32.1 Å². The Morgan fingerprint density at radius 2 is 1.06 bits per heavy atom. The second-order valence-electron chi connectivity index (χ2n) is 7.99. The van der Waals surface area contributed by atoms with Gasteiger partial charge in [0, 0.05) is 0 Å². The summed E-state index contributed by atoms with van der Waals surface area (Å²) in [5, 5.41) is 0. The van der Waals surface area contributed by atoms with Gasteiger partial charge in [-0.05, 0) is 6.42 Å². The molecule has 0 aromatic heterocycles. The van der Waals surface area contributed by atoms with E-state index in [2.05, 4.69) is 39.8 Å². The van der Waals surface area contributed by atoms with Crippen molar-refractivity contribution in [2.75, 3.05) is 0 Å². The van der Waals surface area contributed by atoms with Crippen molar-refractivity contribution in [2.45, 2.75) is 39.0 Å². The normalized spacial score (nSPS) is 15.2. The Labute approximate surface area is 217 Å². The first-order valence-corrected chi connectivity index (χ1v) is 11.5. The Morgan fingerprint density at radius 1 is 0.667 bits per heavy atom. The Kier molecular flexibility index (Phi) is 14.7. The monoisotopic (exact) mass is 468 g/mol. The van der Waals surface area contributed by atoms with Crippen LogP contribution in [-0.2, 0) is 21.7 Å². The van der Waals surface area contributed by atoms with E-state index in [0.29, 0.717) is 5.92 Å². The Bertz CT molecular complexity index is 835. The first-order chi connectivity index (χ1) is 15.6. The van der Waals surface area contributed by atoms with Crippen molar-refractivity contribution in [3.8, 4) is 0 Å². The smallest absolute Gasteiger partial charge is 0.269 e. The standard InChI is InChI=1S/C11H15.3C7H7.Ti/c1-2-9-7-8-10-5-3-4-6-11(9)10;3*1-7-5-3-2-4-6-7;/h8-9H,2-6H2,1H3;3*2-6H,1H2;/q4*-1;+4. The van der Waals surface area contributed by atoms with Crippen LogP contribution in [0.3, 0.4) is 0 Å². The van der Waals surface area contributed by atoms with E-state index in [1.807, 2.05) is 91.0 Å². The van der Waals surface area contributed by atoms with Crippen LogP contribution in [0.1, 0.15) is 55.7 Å². The van der Waals surface area contributed by atoms with E-state index in [-0.39, 0.29) is 21.7 Å². The maximum absolute atomic E-state index is 3.72. The maximum Gasteiger partial charge on any atom is 4.00 e. The molecule has 0 spiro atoms. The van der Waals surface area contributed by atoms with Crippen molar-refractivity contribution in [3.63, 3.8) is 0 Å². The van der Waals surface area contributed by atoms with Gasteiger partial charge < -0.3 is 0 Å². The van der Waals surface area contributed by atoms with Crippen LogP contribution in [0.15, 0.2) is 108 Å². The van der Waals surface area contributed by atoms with E-state index in [0.717, 1.165) is 16.7 Å². The van der Waals surface area contributed by atoms with Crippen LogP contribution in [0.25, 0.3) is 0 Å². The quantitative estimate of drug-likeness (QED) is 0.247. The fraction of sp³-hybridized carbons (Fsp3) is 0.219. The van der Waals surface area contributed by atoms with Crippen LogP contribution in [0.5, 0.6) is 0 Å². The number of benzene rings is 3. The zero-order chi connectivity index (χ0) is 23.0. The van der Waals surface area contributed by atoms with Gasteiger partial charge in [-0.2, -0.15) is 85.0 Å². The molecule has 3 aromatic rings. The third kappa shape index (κ3) is 11.8. The van der Waals surface area contributed by atoms with E-state index >= 15 is 0 Å². The third-order valence-corrected chi connectivity index (χ3v) is 5.37. The number of hydrogen-bond acceptors (Lipinski definition) is 0. The van der Waals surface area contributed by atoms with Gasteiger partial charge in [0.15, 0.2) is 0 Å². The zero-order valence-corrected chi connectivity index (χ0v) is 21.5. The first-order valence-electron chi connectivity index (χ1n) is 11.5. The molecule has 168 valence electrons. The summed E-state index contributed by atoms with van der Waals surface area (Å²) in [4.78, 5) is 0. The summed E-state index contributed by atoms with van der Waals surface area (Å²) < 4.78 is 0. The predicted molar refractivity (Wildman–Crippen MR) is 140 cm³/mol. The van der Waals surface area contributed by atoms with Crippen molar-refractivity contribution in [3.05, 3.63) is 152 Å². The molecule has 5 rings (SSSR count). The van der Waals surface area contributed by atoms with Crippen molar-refractivity contribution in [1.29, 1.82) is 0 Å². The average molecular weight is 469 g/mol. The second-order valence-corrected chi connectivity index (χ2v) is 7.99. The summed E-state index contributed by atoms with van der Waals surface area (Å²) in [5.41, 5.74) is 6.54. The van der Waals surface area contributed by atoms with Crippen molar-refractivity contribution >= 4 is 0 Å². The van der Waals surface area contributed by atoms with Crippen LogP contribution in [0.4, 0.5) is 0 Å². The molecule has 0 aliphatic heterocycles. The molecule has 2 aliphatic rings. The van der Waals surface area contributed by atoms with Crippen molar-refractivity contribution in [2.24, 2.45) is 5.92 Å². The van der Waals surface area contributed by atoms with Gasteiger partial charge >= 0.3 is 21.7 Å². The predicted octanol–water partition coefficient (Wildman–Crippen LogP) is 8.86. The molecule has 3 aromatic carbocycles. The number of hydrogen-bond donors (Lipinski definition) is 0. The molecule has 0 heterocycles. The molecular weight excluding hydrogens is 432 g/mol. The van der Waals surface area contributed by atoms with Crippen LogP contribution in [0.2, 0.25) is 0 Å². The Morgan fingerprint density at radius 3 is 1.39 bits per heavy atom. The van der Waals surface area contributed by atoms with Crippen LogP contribution < -0.4 is 0 Å². The van der Waals surface area contributed by atoms with Gasteiger partial charge in [0.1, 0.15) is 0 Å². The summed E-state index contributed by atoms with van der Waals surface area (Å²) in [6.45, 7) is 13.4. The summed E-state index contributed by atoms with van der Waals surface area (Å²) in [7, 11) is 0. The Hall–Kier alpha value is -2.54. The van der Waals surface area contributed by atoms with Crippen LogP contribution >= 0.6 is 0 Å². The fourth-order valence-corrected chi connectivity index (χ4v) is 3.61. The van der Waals surface area contributed by atoms with E-state index in [9.17, 15) is 0 Å². The maximum atomic E-state index is 3.72. The summed E-state index contributed by atoms with van der Waals surface area (Å²) in [6.07, 6.45) is 12.4. The molecule has 1 atom stereocenters. The summed E-state index contributed by atoms with van der Waals surface area (Å²) >= 11 is 0. The van der Waals surface area contributed by atoms with E-state index in [4.69, 9.17) is 0 Å². The third-order valence-electron chi connectivity index (χ3n) is 5.37. The minimum atomic E-state index is 0. The molecule has 0 N–H and O–H groups in total. The molecule has 0 amide bonds. The molecular formula is C32H36Ti. The molecule has 0 nitrogen and oxygen atoms in total. The molecule has 1 heteroatoms. The minimum Gasteiger partial charge on any atom is -0.269 e. The summed E-state index contributed by atoms with van der Waals surface area (Å²) in [6, 6.07) is 29.6. The van der Waals surface area contributed by atoms with Crippen molar-refractivity contribution < 1.29 is 21.7 Å². The van der Waals surface area contributed by atoms with Crippen molar-refractivity contribution in [1.82, 2.24) is 0 Å².